The van der Waals surface area contributed by atoms with Crippen LogP contribution in [0, 0.1) is 6.92 Å². The van der Waals surface area contributed by atoms with Crippen LogP contribution in [0.25, 0.3) is 5.69 Å². The summed E-state index contributed by atoms with van der Waals surface area (Å²) in [5, 5.41) is 11.3. The third-order valence-electron chi connectivity index (χ3n) is 5.00. The lowest BCUT2D eigenvalue weighted by Gasteiger charge is -2.12. The lowest BCUT2D eigenvalue weighted by atomic mass is 10.2. The Morgan fingerprint density at radius 2 is 1.78 bits per heavy atom. The second-order valence-electron chi connectivity index (χ2n) is 7.70. The number of aryl methyl sites for hydroxylation is 1. The van der Waals surface area contributed by atoms with E-state index < -0.39 is 17.6 Å². The van der Waals surface area contributed by atoms with Gasteiger partial charge in [-0.2, -0.15) is 13.2 Å². The van der Waals surface area contributed by atoms with Crippen LogP contribution < -0.4 is 10.1 Å². The van der Waals surface area contributed by atoms with Crippen LogP contribution >= 0.6 is 23.4 Å². The highest BCUT2D eigenvalue weighted by atomic mass is 35.5. The summed E-state index contributed by atoms with van der Waals surface area (Å²) in [5.74, 6) is 0.526. The zero-order valence-electron chi connectivity index (χ0n) is 18.9. The fourth-order valence-corrected chi connectivity index (χ4v) is 4.16. The van der Waals surface area contributed by atoms with Gasteiger partial charge in [0, 0.05) is 5.69 Å². The second kappa shape index (κ2) is 11.0. The SMILES string of the molecule is Cc1ccc(OCc2nnc(SCC(=O)Nc3cc(C(F)(F)F)ccc3Cl)n2-c2ccccc2)cc1. The first kappa shape index (κ1) is 25.6. The zero-order chi connectivity index (χ0) is 25.7. The van der Waals surface area contributed by atoms with Crippen molar-refractivity contribution in [1.82, 2.24) is 14.8 Å². The Morgan fingerprint density at radius 1 is 1.06 bits per heavy atom. The molecule has 0 atom stereocenters. The maximum atomic E-state index is 13.0. The van der Waals surface area contributed by atoms with Gasteiger partial charge in [0.05, 0.1) is 22.0 Å². The Balaban J connectivity index is 1.49. The molecule has 4 rings (SSSR count). The molecule has 6 nitrogen and oxygen atoms in total. The van der Waals surface area contributed by atoms with Crippen LogP contribution in [0.5, 0.6) is 5.75 Å². The Hall–Kier alpha value is -3.50. The number of alkyl halides is 3. The molecule has 3 aromatic carbocycles. The third kappa shape index (κ3) is 6.38. The van der Waals surface area contributed by atoms with Gasteiger partial charge in [0.25, 0.3) is 0 Å². The number of carbonyl (C=O) groups excluding carboxylic acids is 1. The first-order chi connectivity index (χ1) is 17.2. The van der Waals surface area contributed by atoms with E-state index in [1.54, 1.807) is 4.57 Å². The number of nitrogens with zero attached hydrogens (tertiary/aromatic N) is 3. The van der Waals surface area contributed by atoms with Crippen molar-refractivity contribution in [1.29, 1.82) is 0 Å². The molecule has 11 heteroatoms. The van der Waals surface area contributed by atoms with Gasteiger partial charge in [-0.25, -0.2) is 0 Å². The van der Waals surface area contributed by atoms with Gasteiger partial charge in [0.2, 0.25) is 5.91 Å². The molecule has 0 saturated heterocycles. The standard InChI is InChI=1S/C25H20ClF3N4O2S/c1-16-7-10-19(11-8-16)35-14-22-31-32-24(33(22)18-5-3-2-4-6-18)36-15-23(34)30-21-13-17(25(27,28)29)9-12-20(21)26/h2-13H,14-15H2,1H3,(H,30,34). The summed E-state index contributed by atoms with van der Waals surface area (Å²) < 4.78 is 46.7. The Labute approximate surface area is 214 Å². The van der Waals surface area contributed by atoms with E-state index in [2.05, 4.69) is 15.5 Å². The van der Waals surface area contributed by atoms with Gasteiger partial charge >= 0.3 is 6.18 Å². The number of thioether (sulfide) groups is 1. The van der Waals surface area contributed by atoms with Gasteiger partial charge in [0.1, 0.15) is 12.4 Å². The molecular weight excluding hydrogens is 513 g/mol. The average Bonchev–Trinajstić information content (AvgIpc) is 3.26. The number of hydrogen-bond donors (Lipinski definition) is 1. The molecule has 0 bridgehead atoms. The van der Waals surface area contributed by atoms with E-state index in [1.165, 1.54) is 0 Å². The number of ether oxygens (including phenoxy) is 1. The second-order valence-corrected chi connectivity index (χ2v) is 9.05. The lowest BCUT2D eigenvalue weighted by Crippen LogP contribution is -2.16. The van der Waals surface area contributed by atoms with E-state index in [9.17, 15) is 18.0 Å². The molecule has 0 aliphatic rings. The molecule has 0 spiro atoms. The predicted molar refractivity (Wildman–Crippen MR) is 133 cm³/mol. The van der Waals surface area contributed by atoms with Crippen LogP contribution in [-0.4, -0.2) is 26.4 Å². The van der Waals surface area contributed by atoms with E-state index in [-0.39, 0.29) is 23.1 Å². The molecule has 36 heavy (non-hydrogen) atoms. The molecule has 0 aliphatic heterocycles. The minimum Gasteiger partial charge on any atom is -0.486 e. The number of halogens is 4. The Kier molecular flexibility index (Phi) is 7.85. The highest BCUT2D eigenvalue weighted by Crippen LogP contribution is 2.34. The number of nitrogens with one attached hydrogen (secondary N) is 1. The zero-order valence-corrected chi connectivity index (χ0v) is 20.5. The summed E-state index contributed by atoms with van der Waals surface area (Å²) in [7, 11) is 0. The minimum atomic E-state index is -4.55. The molecule has 1 amide bonds. The average molecular weight is 533 g/mol. The largest absolute Gasteiger partial charge is 0.486 e. The number of anilines is 1. The van der Waals surface area contributed by atoms with Gasteiger partial charge in [-0.1, -0.05) is 59.3 Å². The Morgan fingerprint density at radius 3 is 2.47 bits per heavy atom. The van der Waals surface area contributed by atoms with E-state index in [1.807, 2.05) is 61.5 Å². The van der Waals surface area contributed by atoms with Crippen molar-refractivity contribution in [2.24, 2.45) is 0 Å². The highest BCUT2D eigenvalue weighted by molar-refractivity contribution is 7.99. The maximum Gasteiger partial charge on any atom is 0.416 e. The first-order valence-electron chi connectivity index (χ1n) is 10.7. The number of rotatable bonds is 8. The Bertz CT molecular complexity index is 1350. The van der Waals surface area contributed by atoms with Crippen LogP contribution in [0.4, 0.5) is 18.9 Å². The molecular formula is C25H20ClF3N4O2S. The summed E-state index contributed by atoms with van der Waals surface area (Å²) in [6, 6.07) is 19.7. The molecule has 0 fully saturated rings. The fourth-order valence-electron chi connectivity index (χ4n) is 3.22. The van der Waals surface area contributed by atoms with Gasteiger partial charge in [0.15, 0.2) is 11.0 Å². The molecule has 0 aliphatic carbocycles. The van der Waals surface area contributed by atoms with E-state index in [0.717, 1.165) is 41.2 Å². The van der Waals surface area contributed by atoms with Crippen molar-refractivity contribution >= 4 is 35.0 Å². The molecule has 0 unspecified atom stereocenters. The van der Waals surface area contributed by atoms with Crippen LogP contribution in [-0.2, 0) is 17.6 Å². The smallest absolute Gasteiger partial charge is 0.416 e. The van der Waals surface area contributed by atoms with Crippen molar-refractivity contribution in [3.05, 3.63) is 94.8 Å². The normalized spacial score (nSPS) is 11.4. The molecule has 1 heterocycles. The van der Waals surface area contributed by atoms with Crippen LogP contribution in [0.1, 0.15) is 17.0 Å². The number of amides is 1. The van der Waals surface area contributed by atoms with Gasteiger partial charge in [-0.15, -0.1) is 10.2 Å². The number of para-hydroxylation sites is 1. The number of hydrogen-bond acceptors (Lipinski definition) is 5. The minimum absolute atomic E-state index is 0.00402. The molecule has 0 saturated carbocycles. The van der Waals surface area contributed by atoms with Crippen molar-refractivity contribution in [3.63, 3.8) is 0 Å². The number of carbonyl (C=O) groups is 1. The summed E-state index contributed by atoms with van der Waals surface area (Å²) in [6.07, 6.45) is -4.55. The molecule has 1 N–H and O–H groups in total. The van der Waals surface area contributed by atoms with Gasteiger partial charge < -0.3 is 10.1 Å². The predicted octanol–water partition coefficient (Wildman–Crippen LogP) is 6.56. The topological polar surface area (TPSA) is 69.0 Å². The fraction of sp³-hybridized carbons (Fsp3) is 0.160. The maximum absolute atomic E-state index is 13.0. The molecule has 4 aromatic rings. The molecule has 1 aromatic heterocycles. The van der Waals surface area contributed by atoms with Crippen molar-refractivity contribution in [3.8, 4) is 11.4 Å². The van der Waals surface area contributed by atoms with Crippen LogP contribution in [0.15, 0.2) is 78.0 Å². The lowest BCUT2D eigenvalue weighted by molar-refractivity contribution is -0.137. The van der Waals surface area contributed by atoms with E-state index in [4.69, 9.17) is 16.3 Å². The number of aromatic nitrogens is 3. The van der Waals surface area contributed by atoms with Crippen LogP contribution in [0.3, 0.4) is 0 Å². The third-order valence-corrected chi connectivity index (χ3v) is 6.26. The summed E-state index contributed by atoms with van der Waals surface area (Å²) in [6.45, 7) is 2.12. The molecule has 186 valence electrons. The summed E-state index contributed by atoms with van der Waals surface area (Å²) in [4.78, 5) is 12.5. The van der Waals surface area contributed by atoms with Crippen molar-refractivity contribution < 1.29 is 22.7 Å². The molecule has 0 radical (unpaired) electrons. The van der Waals surface area contributed by atoms with E-state index in [0.29, 0.717) is 16.7 Å². The van der Waals surface area contributed by atoms with Crippen molar-refractivity contribution in [2.75, 3.05) is 11.1 Å². The van der Waals surface area contributed by atoms with Crippen molar-refractivity contribution in [2.45, 2.75) is 24.9 Å². The summed E-state index contributed by atoms with van der Waals surface area (Å²) >= 11 is 7.07. The van der Waals surface area contributed by atoms with Crippen LogP contribution in [0.2, 0.25) is 5.02 Å². The quantitative estimate of drug-likeness (QED) is 0.260. The number of benzene rings is 3. The summed E-state index contributed by atoms with van der Waals surface area (Å²) in [5.41, 5.74) is 0.859. The van der Waals surface area contributed by atoms with Gasteiger partial charge in [-0.3, -0.25) is 9.36 Å². The van der Waals surface area contributed by atoms with Gasteiger partial charge in [-0.05, 0) is 49.4 Å². The highest BCUT2D eigenvalue weighted by Gasteiger charge is 2.31. The van der Waals surface area contributed by atoms with E-state index >= 15 is 0 Å². The first-order valence-corrected chi connectivity index (χ1v) is 12.1. The monoisotopic (exact) mass is 532 g/mol.